The molecular formula is C26H21N7O3. The third kappa shape index (κ3) is 4.60. The van der Waals surface area contributed by atoms with E-state index in [4.69, 9.17) is 0 Å². The summed E-state index contributed by atoms with van der Waals surface area (Å²) in [7, 11) is 0. The van der Waals surface area contributed by atoms with Gasteiger partial charge in [0, 0.05) is 27.7 Å². The maximum atomic E-state index is 12.7. The monoisotopic (exact) mass is 479 g/mol. The van der Waals surface area contributed by atoms with Gasteiger partial charge in [0.05, 0.1) is 12.1 Å². The zero-order valence-electron chi connectivity index (χ0n) is 19.2. The Balaban J connectivity index is 1.19. The zero-order chi connectivity index (χ0) is 25.1. The standard InChI is InChI=1S/C26H21N7O3/c1-16-22(20-9-5-6-10-21(20)27-16)23(34)26(36)30-29-25(35)19-13-11-17(12-14-19)15-33-31-24(28-32-33)18-7-3-2-4-8-18/h2-14,27H,15H2,1H3,(H,29,35)(H,30,36). The number of aryl methyl sites for hydroxylation is 1. The van der Waals surface area contributed by atoms with Crippen molar-refractivity contribution < 1.29 is 14.4 Å². The van der Waals surface area contributed by atoms with Crippen molar-refractivity contribution in [3.63, 3.8) is 0 Å². The first kappa shape index (κ1) is 22.7. The lowest BCUT2D eigenvalue weighted by atomic mass is 10.1. The fraction of sp³-hybridized carbons (Fsp3) is 0.0769. The van der Waals surface area contributed by atoms with Crippen molar-refractivity contribution in [1.82, 2.24) is 36.0 Å². The summed E-state index contributed by atoms with van der Waals surface area (Å²) in [5.41, 5.74) is 8.14. The number of carbonyl (C=O) groups is 3. The molecule has 0 atom stereocenters. The van der Waals surface area contributed by atoms with E-state index < -0.39 is 17.6 Å². The molecule has 0 bridgehead atoms. The maximum Gasteiger partial charge on any atom is 0.310 e. The molecule has 5 aromatic rings. The molecule has 5 rings (SSSR count). The molecule has 3 aromatic carbocycles. The lowest BCUT2D eigenvalue weighted by molar-refractivity contribution is -0.117. The van der Waals surface area contributed by atoms with Gasteiger partial charge in [-0.15, -0.1) is 10.2 Å². The molecule has 10 heteroatoms. The molecule has 3 N–H and O–H groups in total. The number of hydrogen-bond donors (Lipinski definition) is 3. The average Bonchev–Trinajstić information content (AvgIpc) is 3.51. The summed E-state index contributed by atoms with van der Waals surface area (Å²) in [6.45, 7) is 2.09. The van der Waals surface area contributed by atoms with E-state index in [9.17, 15) is 14.4 Å². The number of benzene rings is 3. The second-order valence-electron chi connectivity index (χ2n) is 8.11. The summed E-state index contributed by atoms with van der Waals surface area (Å²) < 4.78 is 0. The Morgan fingerprint density at radius 1 is 0.889 bits per heavy atom. The van der Waals surface area contributed by atoms with E-state index in [1.165, 1.54) is 4.80 Å². The number of carbonyl (C=O) groups excluding carboxylic acids is 3. The van der Waals surface area contributed by atoms with Crippen molar-refractivity contribution in [2.75, 3.05) is 0 Å². The van der Waals surface area contributed by atoms with Crippen LogP contribution in [0.2, 0.25) is 0 Å². The first-order valence-electron chi connectivity index (χ1n) is 11.1. The van der Waals surface area contributed by atoms with Gasteiger partial charge in [0.25, 0.3) is 11.7 Å². The van der Waals surface area contributed by atoms with E-state index in [-0.39, 0.29) is 5.56 Å². The number of nitrogens with one attached hydrogen (secondary N) is 3. The summed E-state index contributed by atoms with van der Waals surface area (Å²) in [6, 6.07) is 23.5. The first-order valence-corrected chi connectivity index (χ1v) is 11.1. The third-order valence-corrected chi connectivity index (χ3v) is 5.64. The van der Waals surface area contributed by atoms with Crippen molar-refractivity contribution in [3.05, 3.63) is 101 Å². The van der Waals surface area contributed by atoms with Gasteiger partial charge in [-0.25, -0.2) is 0 Å². The molecule has 178 valence electrons. The average molecular weight is 480 g/mol. The van der Waals surface area contributed by atoms with Crippen molar-refractivity contribution in [1.29, 1.82) is 0 Å². The Morgan fingerprint density at radius 3 is 2.39 bits per heavy atom. The van der Waals surface area contributed by atoms with Gasteiger partial charge < -0.3 is 4.98 Å². The largest absolute Gasteiger partial charge is 0.358 e. The Morgan fingerprint density at radius 2 is 1.61 bits per heavy atom. The quantitative estimate of drug-likeness (QED) is 0.195. The van der Waals surface area contributed by atoms with Gasteiger partial charge in [-0.1, -0.05) is 60.7 Å². The highest BCUT2D eigenvalue weighted by atomic mass is 16.2. The number of hydrogen-bond acceptors (Lipinski definition) is 6. The van der Waals surface area contributed by atoms with Crippen LogP contribution >= 0.6 is 0 Å². The Bertz CT molecular complexity index is 1570. The lowest BCUT2D eigenvalue weighted by Crippen LogP contribution is -2.45. The molecule has 0 radical (unpaired) electrons. The molecule has 0 fully saturated rings. The van der Waals surface area contributed by atoms with Crippen LogP contribution < -0.4 is 10.9 Å². The van der Waals surface area contributed by atoms with Gasteiger partial charge in [0.1, 0.15) is 0 Å². The number of rotatable bonds is 6. The minimum Gasteiger partial charge on any atom is -0.358 e. The minimum absolute atomic E-state index is 0.277. The van der Waals surface area contributed by atoms with Gasteiger partial charge in [0.15, 0.2) is 0 Å². The number of fused-ring (bicyclic) bond motifs is 1. The van der Waals surface area contributed by atoms with Crippen LogP contribution in [0.5, 0.6) is 0 Å². The van der Waals surface area contributed by atoms with E-state index in [1.54, 1.807) is 43.3 Å². The highest BCUT2D eigenvalue weighted by molar-refractivity contribution is 6.45. The van der Waals surface area contributed by atoms with Crippen LogP contribution in [0.3, 0.4) is 0 Å². The van der Waals surface area contributed by atoms with Crippen LogP contribution in [0.4, 0.5) is 0 Å². The molecule has 0 saturated carbocycles. The number of nitrogens with zero attached hydrogens (tertiary/aromatic N) is 4. The van der Waals surface area contributed by atoms with Crippen LogP contribution in [0, 0.1) is 6.92 Å². The maximum absolute atomic E-state index is 12.7. The molecule has 0 aliphatic heterocycles. The molecule has 0 aliphatic rings. The van der Waals surface area contributed by atoms with E-state index >= 15 is 0 Å². The van der Waals surface area contributed by atoms with E-state index in [2.05, 4.69) is 31.2 Å². The Hall–Kier alpha value is -5.12. The van der Waals surface area contributed by atoms with Crippen molar-refractivity contribution >= 4 is 28.5 Å². The predicted octanol–water partition coefficient (Wildman–Crippen LogP) is 2.82. The molecule has 2 heterocycles. The molecule has 10 nitrogen and oxygen atoms in total. The molecule has 36 heavy (non-hydrogen) atoms. The van der Waals surface area contributed by atoms with Gasteiger partial charge in [-0.3, -0.25) is 25.2 Å². The Kier molecular flexibility index (Phi) is 6.06. The summed E-state index contributed by atoms with van der Waals surface area (Å²) in [5.74, 6) is -1.70. The molecular weight excluding hydrogens is 458 g/mol. The van der Waals surface area contributed by atoms with Crippen molar-refractivity contribution in [2.45, 2.75) is 13.5 Å². The molecule has 0 spiro atoms. The SMILES string of the molecule is Cc1[nH]c2ccccc2c1C(=O)C(=O)NNC(=O)c1ccc(Cn2nnc(-c3ccccc3)n2)cc1. The fourth-order valence-electron chi connectivity index (χ4n) is 3.86. The normalized spacial score (nSPS) is 10.8. The zero-order valence-corrected chi connectivity index (χ0v) is 19.2. The highest BCUT2D eigenvalue weighted by Crippen LogP contribution is 2.22. The topological polar surface area (TPSA) is 135 Å². The number of hydrazine groups is 1. The van der Waals surface area contributed by atoms with Crippen LogP contribution in [-0.2, 0) is 11.3 Å². The number of tetrazole rings is 1. The fourth-order valence-corrected chi connectivity index (χ4v) is 3.86. The molecule has 0 saturated heterocycles. The molecule has 2 amide bonds. The number of amides is 2. The number of ketones is 1. The second kappa shape index (κ2) is 9.63. The van der Waals surface area contributed by atoms with Gasteiger partial charge in [-0.2, -0.15) is 4.80 Å². The third-order valence-electron chi connectivity index (χ3n) is 5.64. The predicted molar refractivity (Wildman–Crippen MR) is 132 cm³/mol. The smallest absolute Gasteiger partial charge is 0.310 e. The molecule has 0 aliphatic carbocycles. The molecule has 0 unspecified atom stereocenters. The number of para-hydroxylation sites is 1. The first-order chi connectivity index (χ1) is 17.5. The second-order valence-corrected chi connectivity index (χ2v) is 8.11. The van der Waals surface area contributed by atoms with Crippen molar-refractivity contribution in [3.8, 4) is 11.4 Å². The Labute approximate surface area is 205 Å². The summed E-state index contributed by atoms with van der Waals surface area (Å²) in [4.78, 5) is 42.2. The van der Waals surface area contributed by atoms with E-state index in [1.807, 2.05) is 42.5 Å². The van der Waals surface area contributed by atoms with Crippen LogP contribution in [-0.4, -0.2) is 42.8 Å². The molecule has 2 aromatic heterocycles. The van der Waals surface area contributed by atoms with Crippen LogP contribution in [0.1, 0.15) is 32.0 Å². The van der Waals surface area contributed by atoms with Crippen LogP contribution in [0.15, 0.2) is 78.9 Å². The van der Waals surface area contributed by atoms with Crippen molar-refractivity contribution in [2.24, 2.45) is 0 Å². The summed E-state index contributed by atoms with van der Waals surface area (Å²) >= 11 is 0. The summed E-state index contributed by atoms with van der Waals surface area (Å²) in [5, 5.41) is 13.2. The lowest BCUT2D eigenvalue weighted by Gasteiger charge is -2.08. The van der Waals surface area contributed by atoms with Gasteiger partial charge in [0.2, 0.25) is 5.82 Å². The number of Topliss-reactive ketones (excluding diaryl/α,β-unsaturated/α-hetero) is 1. The van der Waals surface area contributed by atoms with E-state index in [0.717, 1.165) is 16.6 Å². The van der Waals surface area contributed by atoms with Crippen LogP contribution in [0.25, 0.3) is 22.3 Å². The minimum atomic E-state index is -0.931. The number of aromatic nitrogens is 5. The van der Waals surface area contributed by atoms with Gasteiger partial charge in [-0.05, 0) is 35.9 Å². The number of aromatic amines is 1. The summed E-state index contributed by atoms with van der Waals surface area (Å²) in [6.07, 6.45) is 0. The van der Waals surface area contributed by atoms with E-state index in [0.29, 0.717) is 29.0 Å². The highest BCUT2D eigenvalue weighted by Gasteiger charge is 2.23. The van der Waals surface area contributed by atoms with Gasteiger partial charge >= 0.3 is 5.91 Å². The number of H-pyrrole nitrogens is 1.